The standard InChI is InChI=1S/C11H11F4NO3S/c1-16(10(17)11(14,15)9(12)13)7-4-3-5-8(6-7)20(2,18)19/h3-6,9H,1-2H3. The summed E-state index contributed by atoms with van der Waals surface area (Å²) < 4.78 is 72.8. The molecule has 1 rings (SSSR count). The summed E-state index contributed by atoms with van der Waals surface area (Å²) in [6.07, 6.45) is -3.25. The lowest BCUT2D eigenvalue weighted by atomic mass is 10.2. The minimum atomic E-state index is -4.84. The molecule has 0 aliphatic heterocycles. The molecular weight excluding hydrogens is 302 g/mol. The number of hydrogen-bond acceptors (Lipinski definition) is 3. The number of rotatable bonds is 4. The summed E-state index contributed by atoms with van der Waals surface area (Å²) in [6.45, 7) is 0. The third-order valence-electron chi connectivity index (χ3n) is 2.50. The van der Waals surface area contributed by atoms with Crippen LogP contribution in [0.2, 0.25) is 0 Å². The van der Waals surface area contributed by atoms with E-state index in [1.165, 1.54) is 12.1 Å². The number of anilines is 1. The van der Waals surface area contributed by atoms with Crippen molar-refractivity contribution >= 4 is 21.4 Å². The van der Waals surface area contributed by atoms with Gasteiger partial charge in [0.2, 0.25) is 0 Å². The van der Waals surface area contributed by atoms with E-state index in [2.05, 4.69) is 0 Å². The van der Waals surface area contributed by atoms with Crippen LogP contribution in [-0.4, -0.2) is 40.0 Å². The van der Waals surface area contributed by atoms with Crippen LogP contribution in [0.3, 0.4) is 0 Å². The average molecular weight is 313 g/mol. The van der Waals surface area contributed by atoms with E-state index in [0.29, 0.717) is 4.90 Å². The van der Waals surface area contributed by atoms with E-state index in [4.69, 9.17) is 0 Å². The molecule has 0 saturated carbocycles. The van der Waals surface area contributed by atoms with Crippen molar-refractivity contribution in [1.29, 1.82) is 0 Å². The van der Waals surface area contributed by atoms with Gasteiger partial charge in [0.25, 0.3) is 0 Å². The third kappa shape index (κ3) is 3.27. The van der Waals surface area contributed by atoms with Crippen molar-refractivity contribution in [2.45, 2.75) is 17.2 Å². The highest BCUT2D eigenvalue weighted by atomic mass is 32.2. The first-order valence-corrected chi connectivity index (χ1v) is 7.11. The zero-order chi connectivity index (χ0) is 15.7. The van der Waals surface area contributed by atoms with Gasteiger partial charge in [0, 0.05) is 19.0 Å². The molecule has 112 valence electrons. The molecule has 0 aliphatic rings. The number of sulfone groups is 1. The van der Waals surface area contributed by atoms with E-state index < -0.39 is 28.1 Å². The molecule has 0 atom stereocenters. The molecule has 9 heteroatoms. The van der Waals surface area contributed by atoms with Gasteiger partial charge >= 0.3 is 18.3 Å². The van der Waals surface area contributed by atoms with Gasteiger partial charge in [-0.3, -0.25) is 4.79 Å². The highest BCUT2D eigenvalue weighted by Crippen LogP contribution is 2.28. The molecule has 0 radical (unpaired) electrons. The number of nitrogens with zero attached hydrogens (tertiary/aromatic N) is 1. The second kappa shape index (κ2) is 5.39. The fourth-order valence-electron chi connectivity index (χ4n) is 1.36. The molecule has 4 nitrogen and oxygen atoms in total. The van der Waals surface area contributed by atoms with Gasteiger partial charge < -0.3 is 4.90 Å². The lowest BCUT2D eigenvalue weighted by Gasteiger charge is -2.23. The quantitative estimate of drug-likeness (QED) is 0.799. The lowest BCUT2D eigenvalue weighted by molar-refractivity contribution is -0.166. The predicted molar refractivity (Wildman–Crippen MR) is 63.9 cm³/mol. The molecule has 1 amide bonds. The number of alkyl halides is 4. The molecule has 1 aromatic rings. The van der Waals surface area contributed by atoms with Crippen molar-refractivity contribution in [3.05, 3.63) is 24.3 Å². The topological polar surface area (TPSA) is 54.5 Å². The fourth-order valence-corrected chi connectivity index (χ4v) is 2.02. The average Bonchev–Trinajstić information content (AvgIpc) is 2.35. The number of hydrogen-bond donors (Lipinski definition) is 0. The minimum absolute atomic E-state index is 0.213. The first kappa shape index (κ1) is 16.4. The zero-order valence-electron chi connectivity index (χ0n) is 10.5. The minimum Gasteiger partial charge on any atom is -0.310 e. The molecule has 0 unspecified atom stereocenters. The molecule has 0 N–H and O–H groups in total. The van der Waals surface area contributed by atoms with Crippen LogP contribution in [0, 0.1) is 0 Å². The SMILES string of the molecule is CN(C(=O)C(F)(F)C(F)F)c1cccc(S(C)(=O)=O)c1. The van der Waals surface area contributed by atoms with Crippen LogP contribution < -0.4 is 4.90 Å². The van der Waals surface area contributed by atoms with Gasteiger partial charge in [-0.2, -0.15) is 8.78 Å². The summed E-state index contributed by atoms with van der Waals surface area (Å²) in [5.41, 5.74) is -0.224. The maximum absolute atomic E-state index is 13.0. The van der Waals surface area contributed by atoms with Crippen molar-refractivity contribution < 1.29 is 30.8 Å². The van der Waals surface area contributed by atoms with Crippen LogP contribution in [0.25, 0.3) is 0 Å². The second-order valence-electron chi connectivity index (χ2n) is 4.06. The Labute approximate surface area is 112 Å². The van der Waals surface area contributed by atoms with E-state index >= 15 is 0 Å². The van der Waals surface area contributed by atoms with Crippen LogP contribution in [0.15, 0.2) is 29.2 Å². The number of benzene rings is 1. The number of carbonyl (C=O) groups excluding carboxylic acids is 1. The Morgan fingerprint density at radius 2 is 1.85 bits per heavy atom. The Morgan fingerprint density at radius 1 is 1.30 bits per heavy atom. The Balaban J connectivity index is 3.17. The third-order valence-corrected chi connectivity index (χ3v) is 3.61. The molecule has 0 aliphatic carbocycles. The van der Waals surface area contributed by atoms with Crippen LogP contribution in [0.4, 0.5) is 23.2 Å². The van der Waals surface area contributed by atoms with Crippen molar-refractivity contribution in [1.82, 2.24) is 0 Å². The lowest BCUT2D eigenvalue weighted by Crippen LogP contribution is -2.46. The highest BCUT2D eigenvalue weighted by molar-refractivity contribution is 7.90. The summed E-state index contributed by atoms with van der Waals surface area (Å²) in [6, 6.07) is 4.53. The number of amides is 1. The van der Waals surface area contributed by atoms with Gasteiger partial charge in [0.1, 0.15) is 0 Å². The molecule has 1 aromatic carbocycles. The van der Waals surface area contributed by atoms with E-state index in [0.717, 1.165) is 25.4 Å². The van der Waals surface area contributed by atoms with E-state index in [1.807, 2.05) is 0 Å². The number of carbonyl (C=O) groups is 1. The van der Waals surface area contributed by atoms with Crippen LogP contribution >= 0.6 is 0 Å². The zero-order valence-corrected chi connectivity index (χ0v) is 11.3. The highest BCUT2D eigenvalue weighted by Gasteiger charge is 2.50. The van der Waals surface area contributed by atoms with Crippen molar-refractivity contribution in [3.63, 3.8) is 0 Å². The molecule has 20 heavy (non-hydrogen) atoms. The van der Waals surface area contributed by atoms with E-state index in [1.54, 1.807) is 0 Å². The van der Waals surface area contributed by atoms with Gasteiger partial charge in [0.05, 0.1) is 4.90 Å². The predicted octanol–water partition coefficient (Wildman–Crippen LogP) is 1.95. The Bertz CT molecular complexity index is 616. The molecule has 0 bridgehead atoms. The maximum Gasteiger partial charge on any atom is 0.384 e. The summed E-state index contributed by atoms with van der Waals surface area (Å²) in [5, 5.41) is 0. The Hall–Kier alpha value is -1.64. The molecule has 0 heterocycles. The first-order valence-electron chi connectivity index (χ1n) is 5.22. The van der Waals surface area contributed by atoms with Crippen molar-refractivity contribution in [3.8, 4) is 0 Å². The molecule has 0 spiro atoms. The molecule has 0 saturated heterocycles. The Kier molecular flexibility index (Phi) is 4.42. The van der Waals surface area contributed by atoms with Gasteiger partial charge in [0.15, 0.2) is 9.84 Å². The Morgan fingerprint density at radius 3 is 2.30 bits per heavy atom. The summed E-state index contributed by atoms with van der Waals surface area (Å²) in [4.78, 5) is 11.4. The van der Waals surface area contributed by atoms with Crippen LogP contribution in [0.1, 0.15) is 0 Å². The summed E-state index contributed by atoms with van der Waals surface area (Å²) in [5.74, 6) is -6.95. The van der Waals surface area contributed by atoms with Crippen molar-refractivity contribution in [2.24, 2.45) is 0 Å². The number of halogens is 4. The maximum atomic E-state index is 13.0. The van der Waals surface area contributed by atoms with Gasteiger partial charge in [-0.1, -0.05) is 6.07 Å². The smallest absolute Gasteiger partial charge is 0.310 e. The van der Waals surface area contributed by atoms with E-state index in [9.17, 15) is 30.8 Å². The summed E-state index contributed by atoms with van der Waals surface area (Å²) in [7, 11) is -2.75. The van der Waals surface area contributed by atoms with Gasteiger partial charge in [-0.05, 0) is 18.2 Å². The van der Waals surface area contributed by atoms with Crippen molar-refractivity contribution in [2.75, 3.05) is 18.2 Å². The van der Waals surface area contributed by atoms with Crippen LogP contribution in [-0.2, 0) is 14.6 Å². The monoisotopic (exact) mass is 313 g/mol. The molecule has 0 fully saturated rings. The van der Waals surface area contributed by atoms with Crippen LogP contribution in [0.5, 0.6) is 0 Å². The van der Waals surface area contributed by atoms with E-state index in [-0.39, 0.29) is 10.6 Å². The van der Waals surface area contributed by atoms with Gasteiger partial charge in [-0.25, -0.2) is 17.2 Å². The van der Waals surface area contributed by atoms with Gasteiger partial charge in [-0.15, -0.1) is 0 Å². The summed E-state index contributed by atoms with van der Waals surface area (Å²) >= 11 is 0. The second-order valence-corrected chi connectivity index (χ2v) is 6.07. The molecular formula is C11H11F4NO3S. The fraction of sp³-hybridized carbons (Fsp3) is 0.364. The normalized spacial score (nSPS) is 12.6. The first-order chi connectivity index (χ1) is 8.98. The molecule has 0 aromatic heterocycles. The largest absolute Gasteiger partial charge is 0.384 e.